The summed E-state index contributed by atoms with van der Waals surface area (Å²) in [6, 6.07) is 3.44. The molecule has 0 fully saturated rings. The van der Waals surface area contributed by atoms with Crippen LogP contribution < -0.4 is 16.8 Å². The normalized spacial score (nSPS) is 9.82. The van der Waals surface area contributed by atoms with Crippen molar-refractivity contribution in [1.82, 2.24) is 0 Å². The second-order valence-electron chi connectivity index (χ2n) is 3.24. The van der Waals surface area contributed by atoms with E-state index in [4.69, 9.17) is 46.9 Å². The monoisotopic (exact) mass is 290 g/mol. The Hall–Kier alpha value is -1.04. The fourth-order valence-corrected chi connectivity index (χ4v) is 2.09. The van der Waals surface area contributed by atoms with Gasteiger partial charge in [-0.15, -0.1) is 0 Å². The molecule has 4 nitrogen and oxygen atoms in total. The molecule has 0 atom stereocenters. The molecule has 0 aliphatic rings. The predicted molar refractivity (Wildman–Crippen MR) is 77.9 cm³/mol. The van der Waals surface area contributed by atoms with Crippen molar-refractivity contribution >= 4 is 52.2 Å². The minimum atomic E-state index is -0.106. The molecule has 0 heterocycles. The van der Waals surface area contributed by atoms with Gasteiger partial charge in [-0.3, -0.25) is 0 Å². The highest BCUT2D eigenvalue weighted by Gasteiger charge is 2.09. The number of hydrogen-bond acceptors (Lipinski definition) is 1. The summed E-state index contributed by atoms with van der Waals surface area (Å²) in [6.07, 6.45) is 0.757. The highest BCUT2D eigenvalue weighted by Crippen LogP contribution is 2.30. The number of aryl methyl sites for hydroxylation is 1. The number of rotatable bonds is 2. The minimum Gasteiger partial charge on any atom is -0.370 e. The number of nitrogens with one attached hydrogen (secondary N) is 1. The van der Waals surface area contributed by atoms with Crippen molar-refractivity contribution in [3.8, 4) is 0 Å². The Morgan fingerprint density at radius 3 is 2.59 bits per heavy atom. The molecule has 0 saturated heterocycles. The number of hydrogen-bond donors (Lipinski definition) is 3. The molecular weight excluding hydrogens is 279 g/mol. The van der Waals surface area contributed by atoms with Gasteiger partial charge >= 0.3 is 0 Å². The Morgan fingerprint density at radius 1 is 1.41 bits per heavy atom. The largest absolute Gasteiger partial charge is 0.370 e. The standard InChI is InChI=1S/C10H12Cl2N4S/c1-2-5-3-6(11)4-7(12)8(5)15-10(17)16-9(13)14/h3-4H,2H2,1H3,(H5,13,14,15,16,17). The van der Waals surface area contributed by atoms with Crippen LogP contribution in [0.1, 0.15) is 12.5 Å². The summed E-state index contributed by atoms with van der Waals surface area (Å²) in [5.74, 6) is -0.106. The van der Waals surface area contributed by atoms with E-state index in [-0.39, 0.29) is 11.1 Å². The van der Waals surface area contributed by atoms with Gasteiger partial charge in [-0.25, -0.2) is 0 Å². The van der Waals surface area contributed by atoms with Gasteiger partial charge < -0.3 is 16.8 Å². The van der Waals surface area contributed by atoms with Crippen LogP contribution in [0, 0.1) is 0 Å². The van der Waals surface area contributed by atoms with Crippen molar-refractivity contribution in [1.29, 1.82) is 0 Å². The fourth-order valence-electron chi connectivity index (χ4n) is 1.30. The first-order valence-corrected chi connectivity index (χ1v) is 5.99. The van der Waals surface area contributed by atoms with Crippen molar-refractivity contribution in [2.75, 3.05) is 5.32 Å². The average Bonchev–Trinajstić information content (AvgIpc) is 2.20. The Morgan fingerprint density at radius 2 is 2.06 bits per heavy atom. The molecule has 0 aromatic heterocycles. The molecule has 0 aliphatic heterocycles. The molecule has 1 aromatic rings. The van der Waals surface area contributed by atoms with Gasteiger partial charge in [-0.05, 0) is 36.3 Å². The minimum absolute atomic E-state index is 0.106. The zero-order valence-electron chi connectivity index (χ0n) is 9.13. The second-order valence-corrected chi connectivity index (χ2v) is 4.47. The van der Waals surface area contributed by atoms with E-state index >= 15 is 0 Å². The average molecular weight is 291 g/mol. The number of nitrogens with two attached hydrogens (primary N) is 2. The van der Waals surface area contributed by atoms with E-state index in [2.05, 4.69) is 10.3 Å². The molecular formula is C10H12Cl2N4S. The summed E-state index contributed by atoms with van der Waals surface area (Å²) in [5, 5.41) is 4.09. The van der Waals surface area contributed by atoms with Crippen LogP contribution in [-0.2, 0) is 6.42 Å². The van der Waals surface area contributed by atoms with E-state index in [1.165, 1.54) is 0 Å². The number of halogens is 2. The van der Waals surface area contributed by atoms with Crippen LogP contribution in [0.2, 0.25) is 10.0 Å². The molecule has 0 unspecified atom stereocenters. The summed E-state index contributed by atoms with van der Waals surface area (Å²) < 4.78 is 0. The molecule has 5 N–H and O–H groups in total. The molecule has 92 valence electrons. The predicted octanol–water partition coefficient (Wildman–Crippen LogP) is 2.53. The van der Waals surface area contributed by atoms with Gasteiger partial charge in [0, 0.05) is 5.02 Å². The van der Waals surface area contributed by atoms with Gasteiger partial charge in [0.15, 0.2) is 5.96 Å². The van der Waals surface area contributed by atoms with Crippen LogP contribution in [0.5, 0.6) is 0 Å². The van der Waals surface area contributed by atoms with Crippen LogP contribution in [0.15, 0.2) is 17.1 Å². The number of nitrogens with zero attached hydrogens (tertiary/aromatic N) is 1. The van der Waals surface area contributed by atoms with Crippen molar-refractivity contribution < 1.29 is 0 Å². The summed E-state index contributed by atoms with van der Waals surface area (Å²) in [6.45, 7) is 1.98. The topological polar surface area (TPSA) is 76.4 Å². The zero-order valence-corrected chi connectivity index (χ0v) is 11.5. The molecule has 0 amide bonds. The number of benzene rings is 1. The maximum absolute atomic E-state index is 6.08. The Bertz CT molecular complexity index is 470. The van der Waals surface area contributed by atoms with Crippen molar-refractivity contribution in [2.45, 2.75) is 13.3 Å². The quantitative estimate of drug-likeness (QED) is 0.444. The van der Waals surface area contributed by atoms with Crippen LogP contribution in [0.3, 0.4) is 0 Å². The number of thiocarbonyl (C=S) groups is 1. The van der Waals surface area contributed by atoms with Gasteiger partial charge in [-0.2, -0.15) is 4.99 Å². The maximum Gasteiger partial charge on any atom is 0.200 e. The highest BCUT2D eigenvalue weighted by molar-refractivity contribution is 7.80. The lowest BCUT2D eigenvalue weighted by Gasteiger charge is -2.12. The summed E-state index contributed by atoms with van der Waals surface area (Å²) in [7, 11) is 0. The van der Waals surface area contributed by atoms with Crippen molar-refractivity contribution in [2.24, 2.45) is 16.5 Å². The van der Waals surface area contributed by atoms with E-state index in [0.717, 1.165) is 12.0 Å². The first-order chi connectivity index (χ1) is 7.93. The van der Waals surface area contributed by atoms with Crippen LogP contribution >= 0.6 is 35.4 Å². The smallest absolute Gasteiger partial charge is 0.200 e. The molecule has 7 heteroatoms. The molecule has 0 spiro atoms. The van der Waals surface area contributed by atoms with Gasteiger partial charge in [0.25, 0.3) is 0 Å². The summed E-state index contributed by atoms with van der Waals surface area (Å²) in [5.41, 5.74) is 12.1. The highest BCUT2D eigenvalue weighted by atomic mass is 35.5. The molecule has 0 bridgehead atoms. The van der Waals surface area contributed by atoms with E-state index in [1.807, 2.05) is 13.0 Å². The molecule has 1 aromatic carbocycles. The van der Waals surface area contributed by atoms with E-state index in [1.54, 1.807) is 6.07 Å². The zero-order chi connectivity index (χ0) is 13.0. The number of guanidine groups is 1. The number of aliphatic imine (C=N–C) groups is 1. The lowest BCUT2D eigenvalue weighted by molar-refractivity contribution is 1.14. The van der Waals surface area contributed by atoms with Crippen LogP contribution in [0.4, 0.5) is 5.69 Å². The number of anilines is 1. The Balaban J connectivity index is 3.06. The third-order valence-corrected chi connectivity index (χ3v) is 2.69. The van der Waals surface area contributed by atoms with Crippen LogP contribution in [-0.4, -0.2) is 11.1 Å². The van der Waals surface area contributed by atoms with Gasteiger partial charge in [0.05, 0.1) is 10.7 Å². The first kappa shape index (κ1) is 14.0. The maximum atomic E-state index is 6.08. The molecule has 1 rings (SSSR count). The van der Waals surface area contributed by atoms with Gasteiger partial charge in [0.2, 0.25) is 5.11 Å². The first-order valence-electron chi connectivity index (χ1n) is 4.82. The van der Waals surface area contributed by atoms with Gasteiger partial charge in [-0.1, -0.05) is 30.1 Å². The van der Waals surface area contributed by atoms with E-state index < -0.39 is 0 Å². The Labute approximate surface area is 115 Å². The third-order valence-electron chi connectivity index (χ3n) is 1.98. The molecule has 17 heavy (non-hydrogen) atoms. The molecule has 0 aliphatic carbocycles. The van der Waals surface area contributed by atoms with Gasteiger partial charge in [0.1, 0.15) is 0 Å². The fraction of sp³-hybridized carbons (Fsp3) is 0.200. The molecule has 0 saturated carbocycles. The summed E-state index contributed by atoms with van der Waals surface area (Å²) in [4.78, 5) is 3.71. The lowest BCUT2D eigenvalue weighted by atomic mass is 10.1. The van der Waals surface area contributed by atoms with Crippen LogP contribution in [0.25, 0.3) is 0 Å². The third kappa shape index (κ3) is 4.03. The molecule has 0 radical (unpaired) electrons. The second kappa shape index (κ2) is 6.05. The van der Waals surface area contributed by atoms with E-state index in [0.29, 0.717) is 15.7 Å². The lowest BCUT2D eigenvalue weighted by Crippen LogP contribution is -2.25. The SMILES string of the molecule is CCc1cc(Cl)cc(Cl)c1NC(=S)N=C(N)N. The summed E-state index contributed by atoms with van der Waals surface area (Å²) >= 11 is 16.9. The Kier molecular flexibility index (Phi) is 4.99. The van der Waals surface area contributed by atoms with Crippen molar-refractivity contribution in [3.05, 3.63) is 27.7 Å². The van der Waals surface area contributed by atoms with E-state index in [9.17, 15) is 0 Å². The van der Waals surface area contributed by atoms with Crippen molar-refractivity contribution in [3.63, 3.8) is 0 Å².